The summed E-state index contributed by atoms with van der Waals surface area (Å²) in [6.07, 6.45) is 0.243. The Balaban J connectivity index is 1.48. The van der Waals surface area contributed by atoms with E-state index < -0.39 is 12.1 Å². The molecule has 0 aliphatic heterocycles. The van der Waals surface area contributed by atoms with E-state index in [-0.39, 0.29) is 18.3 Å². The molecule has 8 heteroatoms. The summed E-state index contributed by atoms with van der Waals surface area (Å²) in [7, 11) is 0. The lowest BCUT2D eigenvalue weighted by Crippen LogP contribution is -2.48. The van der Waals surface area contributed by atoms with E-state index in [9.17, 15) is 9.59 Å². The number of nitrogen functional groups attached to an aromatic ring is 1. The average Bonchev–Trinajstić information content (AvgIpc) is 2.88. The summed E-state index contributed by atoms with van der Waals surface area (Å²) < 4.78 is 11.0. The zero-order chi connectivity index (χ0) is 24.9. The van der Waals surface area contributed by atoms with Crippen molar-refractivity contribution < 1.29 is 19.1 Å². The van der Waals surface area contributed by atoms with Crippen molar-refractivity contribution in [2.45, 2.75) is 25.5 Å². The van der Waals surface area contributed by atoms with Crippen LogP contribution in [0.25, 0.3) is 0 Å². The van der Waals surface area contributed by atoms with E-state index in [1.807, 2.05) is 60.7 Å². The predicted molar refractivity (Wildman–Crippen MR) is 134 cm³/mol. The highest BCUT2D eigenvalue weighted by Gasteiger charge is 2.21. The molecule has 2 amide bonds. The summed E-state index contributed by atoms with van der Waals surface area (Å²) in [5.74, 6) is 0.278. The van der Waals surface area contributed by atoms with Crippen LogP contribution in [0.1, 0.15) is 23.1 Å². The van der Waals surface area contributed by atoms with Crippen molar-refractivity contribution in [1.29, 1.82) is 5.41 Å². The minimum Gasteiger partial charge on any atom is -0.494 e. The first kappa shape index (κ1) is 25.3. The molecule has 3 aromatic rings. The van der Waals surface area contributed by atoms with E-state index in [0.717, 1.165) is 11.1 Å². The van der Waals surface area contributed by atoms with Crippen molar-refractivity contribution >= 4 is 17.8 Å². The van der Waals surface area contributed by atoms with Crippen LogP contribution in [-0.2, 0) is 22.6 Å². The second-order valence-corrected chi connectivity index (χ2v) is 7.88. The number of nitrogens with two attached hydrogens (primary N) is 1. The molecule has 182 valence electrons. The highest BCUT2D eigenvalue weighted by Crippen LogP contribution is 2.13. The minimum atomic E-state index is -0.783. The van der Waals surface area contributed by atoms with Crippen molar-refractivity contribution in [1.82, 2.24) is 10.6 Å². The van der Waals surface area contributed by atoms with Crippen molar-refractivity contribution in [3.05, 3.63) is 102 Å². The number of rotatable bonds is 12. The Labute approximate surface area is 205 Å². The first-order valence-corrected chi connectivity index (χ1v) is 11.4. The summed E-state index contributed by atoms with van der Waals surface area (Å²) in [4.78, 5) is 25.2. The van der Waals surface area contributed by atoms with Gasteiger partial charge in [-0.15, -0.1) is 0 Å². The van der Waals surface area contributed by atoms with Gasteiger partial charge in [-0.25, -0.2) is 4.79 Å². The number of nitrogens with one attached hydrogen (secondary N) is 3. The molecule has 35 heavy (non-hydrogen) atoms. The molecule has 3 aromatic carbocycles. The van der Waals surface area contributed by atoms with Gasteiger partial charge in [0.05, 0.1) is 6.61 Å². The number of amidine groups is 1. The number of benzene rings is 3. The van der Waals surface area contributed by atoms with Crippen LogP contribution in [0.3, 0.4) is 0 Å². The van der Waals surface area contributed by atoms with Gasteiger partial charge < -0.3 is 25.8 Å². The molecule has 1 atom stereocenters. The number of ether oxygens (including phenoxy) is 2. The molecule has 0 radical (unpaired) electrons. The van der Waals surface area contributed by atoms with Crippen molar-refractivity contribution in [2.24, 2.45) is 5.73 Å². The van der Waals surface area contributed by atoms with Crippen LogP contribution in [0.15, 0.2) is 84.9 Å². The standard InChI is InChI=1S/C27H30N4O4/c28-25(29)22-13-7-14-23(18-22)34-16-8-15-30-26(32)24(17-20-9-3-1-4-10-20)31-27(33)35-19-21-11-5-2-6-12-21/h1-7,9-14,18,24H,8,15-17,19H2,(H3,28,29)(H,30,32)(H,31,33)/t24-/m0/s1. The summed E-state index contributed by atoms with van der Waals surface area (Å²) in [5, 5.41) is 13.0. The molecule has 0 bridgehead atoms. The van der Waals surface area contributed by atoms with E-state index in [1.165, 1.54) is 0 Å². The maximum Gasteiger partial charge on any atom is 0.408 e. The molecule has 0 saturated heterocycles. The normalized spacial score (nSPS) is 11.2. The van der Waals surface area contributed by atoms with E-state index in [0.29, 0.717) is 37.3 Å². The highest BCUT2D eigenvalue weighted by molar-refractivity contribution is 5.95. The zero-order valence-electron chi connectivity index (χ0n) is 19.4. The summed E-state index contributed by atoms with van der Waals surface area (Å²) in [6, 6.07) is 25.0. The van der Waals surface area contributed by atoms with Gasteiger partial charge in [-0.05, 0) is 29.7 Å². The van der Waals surface area contributed by atoms with E-state index in [4.69, 9.17) is 20.6 Å². The Morgan fingerprint density at radius 2 is 1.60 bits per heavy atom. The zero-order valence-corrected chi connectivity index (χ0v) is 19.4. The Bertz CT molecular complexity index is 1110. The molecule has 0 aromatic heterocycles. The number of hydrogen-bond acceptors (Lipinski definition) is 5. The fraction of sp³-hybridized carbons (Fsp3) is 0.222. The maximum atomic E-state index is 12.9. The smallest absolute Gasteiger partial charge is 0.408 e. The van der Waals surface area contributed by atoms with Crippen LogP contribution in [-0.4, -0.2) is 37.0 Å². The van der Waals surface area contributed by atoms with Crippen LogP contribution in [0.4, 0.5) is 4.79 Å². The fourth-order valence-corrected chi connectivity index (χ4v) is 3.32. The molecular weight excluding hydrogens is 444 g/mol. The Morgan fingerprint density at radius 1 is 0.914 bits per heavy atom. The van der Waals surface area contributed by atoms with Crippen LogP contribution >= 0.6 is 0 Å². The number of alkyl carbamates (subject to hydrolysis) is 1. The molecule has 0 fully saturated rings. The molecule has 0 unspecified atom stereocenters. The van der Waals surface area contributed by atoms with E-state index in [2.05, 4.69) is 10.6 Å². The number of carbonyl (C=O) groups is 2. The average molecular weight is 475 g/mol. The van der Waals surface area contributed by atoms with Crippen LogP contribution in [0.5, 0.6) is 5.75 Å². The van der Waals surface area contributed by atoms with Gasteiger partial charge in [0.15, 0.2) is 0 Å². The van der Waals surface area contributed by atoms with E-state index in [1.54, 1.807) is 24.3 Å². The number of amides is 2. The molecule has 8 nitrogen and oxygen atoms in total. The lowest BCUT2D eigenvalue weighted by molar-refractivity contribution is -0.123. The van der Waals surface area contributed by atoms with Crippen LogP contribution in [0, 0.1) is 5.41 Å². The topological polar surface area (TPSA) is 127 Å². The second kappa shape index (κ2) is 13.4. The van der Waals surface area contributed by atoms with Gasteiger partial charge in [-0.1, -0.05) is 72.8 Å². The Kier molecular flexibility index (Phi) is 9.68. The minimum absolute atomic E-state index is 0.0260. The molecule has 0 saturated carbocycles. The van der Waals surface area contributed by atoms with Gasteiger partial charge in [-0.3, -0.25) is 10.2 Å². The van der Waals surface area contributed by atoms with Crippen molar-refractivity contribution in [3.63, 3.8) is 0 Å². The molecule has 0 spiro atoms. The van der Waals surface area contributed by atoms with Gasteiger partial charge in [0, 0.05) is 18.5 Å². The highest BCUT2D eigenvalue weighted by atomic mass is 16.5. The first-order valence-electron chi connectivity index (χ1n) is 11.4. The molecule has 0 heterocycles. The fourth-order valence-electron chi connectivity index (χ4n) is 3.32. The number of hydrogen-bond donors (Lipinski definition) is 4. The van der Waals surface area contributed by atoms with E-state index >= 15 is 0 Å². The van der Waals surface area contributed by atoms with Gasteiger partial charge in [-0.2, -0.15) is 0 Å². The molecule has 0 aliphatic carbocycles. The third-order valence-electron chi connectivity index (χ3n) is 5.14. The Hall–Kier alpha value is -4.33. The van der Waals surface area contributed by atoms with Gasteiger partial charge >= 0.3 is 6.09 Å². The SMILES string of the molecule is N=C(N)c1cccc(OCCCNC(=O)[C@H](Cc2ccccc2)NC(=O)OCc2ccccc2)c1. The van der Waals surface area contributed by atoms with Crippen molar-refractivity contribution in [3.8, 4) is 5.75 Å². The van der Waals surface area contributed by atoms with Gasteiger partial charge in [0.25, 0.3) is 0 Å². The molecule has 5 N–H and O–H groups in total. The Morgan fingerprint density at radius 3 is 2.29 bits per heavy atom. The van der Waals surface area contributed by atoms with Gasteiger partial charge in [0.2, 0.25) is 5.91 Å². The number of carbonyl (C=O) groups excluding carboxylic acids is 2. The third kappa shape index (κ3) is 8.85. The lowest BCUT2D eigenvalue weighted by Gasteiger charge is -2.19. The molecule has 0 aliphatic rings. The monoisotopic (exact) mass is 474 g/mol. The van der Waals surface area contributed by atoms with Gasteiger partial charge in [0.1, 0.15) is 24.2 Å². The lowest BCUT2D eigenvalue weighted by atomic mass is 10.1. The maximum absolute atomic E-state index is 12.9. The largest absolute Gasteiger partial charge is 0.494 e. The summed E-state index contributed by atoms with van der Waals surface area (Å²) >= 11 is 0. The van der Waals surface area contributed by atoms with Crippen LogP contribution < -0.4 is 21.1 Å². The second-order valence-electron chi connectivity index (χ2n) is 7.88. The third-order valence-corrected chi connectivity index (χ3v) is 5.14. The quantitative estimate of drug-likeness (QED) is 0.182. The summed E-state index contributed by atoms with van der Waals surface area (Å²) in [5.41, 5.74) is 7.87. The van der Waals surface area contributed by atoms with Crippen LogP contribution in [0.2, 0.25) is 0 Å². The molecular formula is C27H30N4O4. The first-order chi connectivity index (χ1) is 17.0. The van der Waals surface area contributed by atoms with Crippen molar-refractivity contribution in [2.75, 3.05) is 13.2 Å². The molecule has 3 rings (SSSR count). The summed E-state index contributed by atoms with van der Waals surface area (Å²) in [6.45, 7) is 0.864. The predicted octanol–water partition coefficient (Wildman–Crippen LogP) is 3.39.